The van der Waals surface area contributed by atoms with Gasteiger partial charge in [-0.2, -0.15) is 5.10 Å². The van der Waals surface area contributed by atoms with Gasteiger partial charge in [-0.15, -0.1) is 0 Å². The zero-order valence-corrected chi connectivity index (χ0v) is 23.6. The molecule has 10 nitrogen and oxygen atoms in total. The molecule has 2 aliphatic carbocycles. The quantitative estimate of drug-likeness (QED) is 0.609. The van der Waals surface area contributed by atoms with Crippen LogP contribution in [0.3, 0.4) is 0 Å². The Hall–Kier alpha value is -3.24. The van der Waals surface area contributed by atoms with Crippen molar-refractivity contribution < 1.29 is 9.90 Å². The molecule has 2 amide bonds. The van der Waals surface area contributed by atoms with Crippen LogP contribution < -0.4 is 10.9 Å². The highest BCUT2D eigenvalue weighted by Gasteiger charge is 2.56. The van der Waals surface area contributed by atoms with E-state index in [0.29, 0.717) is 31.7 Å². The Morgan fingerprint density at radius 2 is 2.02 bits per heavy atom. The number of allylic oxidation sites excluding steroid dienone is 3. The summed E-state index contributed by atoms with van der Waals surface area (Å²) >= 11 is 0. The van der Waals surface area contributed by atoms with Crippen molar-refractivity contribution in [2.24, 2.45) is 17.9 Å². The maximum absolute atomic E-state index is 14.1. The summed E-state index contributed by atoms with van der Waals surface area (Å²) in [6, 6.07) is 1.65. The molecule has 2 aliphatic heterocycles. The summed E-state index contributed by atoms with van der Waals surface area (Å²) in [6.45, 7) is 5.63. The molecule has 0 aromatic carbocycles. The number of aromatic nitrogens is 4. The van der Waals surface area contributed by atoms with Gasteiger partial charge in [-0.25, -0.2) is 9.78 Å². The number of aliphatic hydroxyl groups is 1. The second-order valence-corrected chi connectivity index (χ2v) is 12.5. The summed E-state index contributed by atoms with van der Waals surface area (Å²) < 4.78 is 3.21. The van der Waals surface area contributed by atoms with Crippen LogP contribution >= 0.6 is 0 Å². The number of hydrogen-bond acceptors (Lipinski definition) is 6. The lowest BCUT2D eigenvalue weighted by molar-refractivity contribution is -0.137. The lowest BCUT2D eigenvalue weighted by Crippen LogP contribution is -2.66. The summed E-state index contributed by atoms with van der Waals surface area (Å²) in [5.74, 6) is 0. The third-order valence-electron chi connectivity index (χ3n) is 9.95. The van der Waals surface area contributed by atoms with Crippen molar-refractivity contribution in [1.82, 2.24) is 34.4 Å². The maximum Gasteiger partial charge on any atom is 0.320 e. The molecule has 1 unspecified atom stereocenters. The highest BCUT2D eigenvalue weighted by Crippen LogP contribution is 2.52. The van der Waals surface area contributed by atoms with Crippen molar-refractivity contribution in [2.75, 3.05) is 32.7 Å². The largest absolute Gasteiger partial charge is 0.387 e. The minimum absolute atomic E-state index is 0.0678. The topological polar surface area (TPSA) is 109 Å². The first kappa shape index (κ1) is 27.0. The van der Waals surface area contributed by atoms with Gasteiger partial charge in [-0.1, -0.05) is 44.1 Å². The average molecular weight is 548 g/mol. The number of hydrogen-bond donors (Lipinski definition) is 2. The number of urea groups is 1. The van der Waals surface area contributed by atoms with E-state index in [0.717, 1.165) is 50.8 Å². The first-order valence-corrected chi connectivity index (χ1v) is 14.6. The van der Waals surface area contributed by atoms with E-state index in [2.05, 4.69) is 51.5 Å². The number of carbonyl (C=O) groups is 1. The number of rotatable bonds is 4. The first-order chi connectivity index (χ1) is 19.2. The van der Waals surface area contributed by atoms with Gasteiger partial charge in [0.05, 0.1) is 36.4 Å². The molecule has 2 N–H and O–H groups in total. The zero-order valence-electron chi connectivity index (χ0n) is 23.6. The Kier molecular flexibility index (Phi) is 6.94. The number of nitrogens with zero attached hydrogens (tertiary/aromatic N) is 6. The van der Waals surface area contributed by atoms with Gasteiger partial charge in [0.15, 0.2) is 0 Å². The molecule has 2 aromatic heterocycles. The van der Waals surface area contributed by atoms with E-state index in [-0.39, 0.29) is 29.6 Å². The number of piperidine rings is 1. The molecule has 1 saturated carbocycles. The molecule has 10 heteroatoms. The highest BCUT2D eigenvalue weighted by molar-refractivity contribution is 5.75. The summed E-state index contributed by atoms with van der Waals surface area (Å²) in [5, 5.41) is 19.9. The van der Waals surface area contributed by atoms with E-state index >= 15 is 0 Å². The van der Waals surface area contributed by atoms with Crippen molar-refractivity contribution >= 4 is 6.03 Å². The molecule has 3 atom stereocenters. The molecule has 40 heavy (non-hydrogen) atoms. The van der Waals surface area contributed by atoms with E-state index in [9.17, 15) is 14.7 Å². The maximum atomic E-state index is 14.1. The fraction of sp³-hybridized carbons (Fsp3) is 0.600. The van der Waals surface area contributed by atoms with Gasteiger partial charge >= 0.3 is 6.03 Å². The summed E-state index contributed by atoms with van der Waals surface area (Å²) in [6.07, 6.45) is 18.7. The Balaban J connectivity index is 1.22. The van der Waals surface area contributed by atoms with Crippen LogP contribution in [0.15, 0.2) is 53.9 Å². The normalized spacial score (nSPS) is 29.8. The van der Waals surface area contributed by atoms with Gasteiger partial charge in [-0.05, 0) is 25.7 Å². The summed E-state index contributed by atoms with van der Waals surface area (Å²) in [5.41, 5.74) is -0.490. The molecule has 4 heterocycles. The van der Waals surface area contributed by atoms with Gasteiger partial charge in [-0.3, -0.25) is 14.0 Å². The van der Waals surface area contributed by atoms with E-state index in [1.54, 1.807) is 17.2 Å². The summed E-state index contributed by atoms with van der Waals surface area (Å²) in [4.78, 5) is 35.8. The second kappa shape index (κ2) is 10.3. The van der Waals surface area contributed by atoms with Crippen LogP contribution in [-0.4, -0.2) is 84.6 Å². The van der Waals surface area contributed by atoms with E-state index < -0.39 is 11.0 Å². The van der Waals surface area contributed by atoms with Gasteiger partial charge in [0.2, 0.25) is 0 Å². The third kappa shape index (κ3) is 4.71. The fourth-order valence-corrected chi connectivity index (χ4v) is 7.49. The molecule has 0 bridgehead atoms. The average Bonchev–Trinajstić information content (AvgIpc) is 3.62. The standard InChI is InChI=1S/C30H41N7O3/c1-28(8-4-3-5-9-28)25-18-31-13-15-37(25)27(39)35-14-12-30(40,29(20-35)10-6-7-11-29)21-36-22-32-24(16-26(36)38)23-17-33-34(2)19-23/h3-5,8,16-17,19,22,25,31,40H,6-7,9-15,18,20-21H2,1-2H3/t25-,28?,30+/m0/s1. The van der Waals surface area contributed by atoms with Crippen molar-refractivity contribution in [2.45, 2.75) is 63.6 Å². The first-order valence-electron chi connectivity index (χ1n) is 14.6. The molecular weight excluding hydrogens is 506 g/mol. The predicted octanol–water partition coefficient (Wildman–Crippen LogP) is 2.56. The predicted molar refractivity (Wildman–Crippen MR) is 153 cm³/mol. The Bertz CT molecular complexity index is 1370. The monoisotopic (exact) mass is 547 g/mol. The van der Waals surface area contributed by atoms with Crippen LogP contribution in [-0.2, 0) is 13.6 Å². The number of carbonyl (C=O) groups excluding carboxylic acids is 1. The molecule has 0 radical (unpaired) electrons. The third-order valence-corrected chi connectivity index (χ3v) is 9.95. The van der Waals surface area contributed by atoms with Gasteiger partial charge in [0.25, 0.3) is 5.56 Å². The van der Waals surface area contributed by atoms with E-state index in [1.165, 1.54) is 10.6 Å². The molecule has 1 spiro atoms. The molecule has 214 valence electrons. The molecule has 6 rings (SSSR count). The van der Waals surface area contributed by atoms with Crippen molar-refractivity contribution in [3.05, 3.63) is 59.4 Å². The second-order valence-electron chi connectivity index (χ2n) is 12.5. The number of nitrogens with one attached hydrogen (secondary N) is 1. The van der Waals surface area contributed by atoms with Crippen molar-refractivity contribution in [3.8, 4) is 11.3 Å². The number of amides is 2. The van der Waals surface area contributed by atoms with Gasteiger partial charge in [0.1, 0.15) is 0 Å². The molecule has 4 aliphatic rings. The van der Waals surface area contributed by atoms with Crippen LogP contribution in [0.2, 0.25) is 0 Å². The molecular formula is C30H41N7O3. The number of piperazine rings is 1. The van der Waals surface area contributed by atoms with Crippen molar-refractivity contribution in [3.63, 3.8) is 0 Å². The molecule has 2 saturated heterocycles. The minimum atomic E-state index is -1.09. The van der Waals surface area contributed by atoms with E-state index in [4.69, 9.17) is 0 Å². The number of aryl methyl sites for hydroxylation is 1. The van der Waals surface area contributed by atoms with Crippen LogP contribution in [0.1, 0.15) is 45.4 Å². The lowest BCUT2D eigenvalue weighted by Gasteiger charge is -2.54. The lowest BCUT2D eigenvalue weighted by atomic mass is 9.66. The van der Waals surface area contributed by atoms with Crippen LogP contribution in [0.4, 0.5) is 4.79 Å². The minimum Gasteiger partial charge on any atom is -0.387 e. The molecule has 3 fully saturated rings. The number of likely N-dealkylation sites (tertiary alicyclic amines) is 1. The smallest absolute Gasteiger partial charge is 0.320 e. The Morgan fingerprint density at radius 3 is 2.73 bits per heavy atom. The summed E-state index contributed by atoms with van der Waals surface area (Å²) in [7, 11) is 1.82. The van der Waals surface area contributed by atoms with Crippen molar-refractivity contribution in [1.29, 1.82) is 0 Å². The van der Waals surface area contributed by atoms with Crippen LogP contribution in [0, 0.1) is 10.8 Å². The van der Waals surface area contributed by atoms with Gasteiger partial charge < -0.3 is 20.2 Å². The fourth-order valence-electron chi connectivity index (χ4n) is 7.49. The van der Waals surface area contributed by atoms with E-state index in [1.807, 2.05) is 18.1 Å². The Labute approximate surface area is 235 Å². The SMILES string of the molecule is Cn1cc(-c2cc(=O)n(C[C@]3(O)CCN(C(=O)N4CCNC[C@H]4C4(C)C=CC=CC4)CC34CCCC4)cn2)cn1. The molecule has 2 aromatic rings. The Morgan fingerprint density at radius 1 is 1.20 bits per heavy atom. The highest BCUT2D eigenvalue weighted by atomic mass is 16.3. The zero-order chi connectivity index (χ0) is 28.0. The van der Waals surface area contributed by atoms with Gasteiger partial charge in [0, 0.05) is 68.4 Å². The van der Waals surface area contributed by atoms with Crippen LogP contribution in [0.5, 0.6) is 0 Å². The van der Waals surface area contributed by atoms with Crippen LogP contribution in [0.25, 0.3) is 11.3 Å².